The van der Waals surface area contributed by atoms with Crippen LogP contribution >= 0.6 is 0 Å². The molecule has 0 saturated heterocycles. The van der Waals surface area contributed by atoms with Gasteiger partial charge in [0.2, 0.25) is 0 Å². The molecule has 0 amide bonds. The van der Waals surface area contributed by atoms with Gasteiger partial charge in [0.05, 0.1) is 11.6 Å². The molecule has 3 nitrogen and oxygen atoms in total. The average molecular weight is 370 g/mol. The molecule has 1 aliphatic carbocycles. The molecule has 0 bridgehead atoms. The monoisotopic (exact) mass is 369 g/mol. The Bertz CT molecular complexity index is 1110. The minimum Gasteiger partial charge on any atom is -0.384 e. The Morgan fingerprint density at radius 2 is 1.89 bits per heavy atom. The highest BCUT2D eigenvalue weighted by Crippen LogP contribution is 2.41. The molecule has 0 atom stereocenters. The molecule has 142 valence electrons. The van der Waals surface area contributed by atoms with E-state index < -0.39 is 0 Å². The molecule has 5 rings (SSSR count). The zero-order valence-corrected chi connectivity index (χ0v) is 16.8. The maximum Gasteiger partial charge on any atom is 0.0994 e. The smallest absolute Gasteiger partial charge is 0.0994 e. The van der Waals surface area contributed by atoms with Gasteiger partial charge in [0.15, 0.2) is 0 Å². The lowest BCUT2D eigenvalue weighted by atomic mass is 9.95. The third-order valence-electron chi connectivity index (χ3n) is 6.81. The molecule has 2 heterocycles. The fraction of sp³-hybridized carbons (Fsp3) is 0.400. The van der Waals surface area contributed by atoms with Crippen LogP contribution in [-0.4, -0.2) is 11.1 Å². The van der Waals surface area contributed by atoms with Crippen molar-refractivity contribution in [3.8, 4) is 17.2 Å². The van der Waals surface area contributed by atoms with Crippen LogP contribution in [0.5, 0.6) is 0 Å². The number of aromatic nitrogens is 1. The maximum atomic E-state index is 9.61. The summed E-state index contributed by atoms with van der Waals surface area (Å²) in [7, 11) is 0. The van der Waals surface area contributed by atoms with Gasteiger partial charge < -0.3 is 9.88 Å². The first-order valence-electron chi connectivity index (χ1n) is 10.6. The van der Waals surface area contributed by atoms with E-state index in [1.165, 1.54) is 70.9 Å². The fourth-order valence-electron chi connectivity index (χ4n) is 5.23. The SMILES string of the molecule is Cc1cc2c(cc1C#N)c(-c1ccc3c(c1C)NCC3)cn2C1CCCCC1. The second kappa shape index (κ2) is 6.71. The lowest BCUT2D eigenvalue weighted by molar-refractivity contribution is 0.361. The van der Waals surface area contributed by atoms with Crippen molar-refractivity contribution in [2.24, 2.45) is 0 Å². The number of nitrogens with one attached hydrogen (secondary N) is 1. The summed E-state index contributed by atoms with van der Waals surface area (Å²) in [6.45, 7) is 5.32. The molecule has 28 heavy (non-hydrogen) atoms. The number of anilines is 1. The van der Waals surface area contributed by atoms with Crippen LogP contribution < -0.4 is 5.32 Å². The Labute approximate surface area is 167 Å². The molecule has 3 aromatic rings. The van der Waals surface area contributed by atoms with Crippen molar-refractivity contribution < 1.29 is 0 Å². The molecule has 0 spiro atoms. The number of nitriles is 1. The Morgan fingerprint density at radius 1 is 1.07 bits per heavy atom. The van der Waals surface area contributed by atoms with Gasteiger partial charge in [-0.25, -0.2) is 0 Å². The van der Waals surface area contributed by atoms with E-state index >= 15 is 0 Å². The summed E-state index contributed by atoms with van der Waals surface area (Å²) >= 11 is 0. The van der Waals surface area contributed by atoms with Crippen LogP contribution in [0.25, 0.3) is 22.0 Å². The number of nitrogens with zero attached hydrogens (tertiary/aromatic N) is 2. The van der Waals surface area contributed by atoms with Gasteiger partial charge in [0.25, 0.3) is 0 Å². The number of rotatable bonds is 2. The van der Waals surface area contributed by atoms with Gasteiger partial charge in [-0.1, -0.05) is 31.4 Å². The van der Waals surface area contributed by atoms with E-state index in [2.05, 4.69) is 60.3 Å². The largest absolute Gasteiger partial charge is 0.384 e. The first kappa shape index (κ1) is 17.4. The van der Waals surface area contributed by atoms with E-state index in [9.17, 15) is 5.26 Å². The predicted molar refractivity (Wildman–Crippen MR) is 116 cm³/mol. The first-order valence-corrected chi connectivity index (χ1v) is 10.6. The van der Waals surface area contributed by atoms with Crippen LogP contribution in [0.3, 0.4) is 0 Å². The van der Waals surface area contributed by atoms with E-state index in [-0.39, 0.29) is 0 Å². The second-order valence-corrected chi connectivity index (χ2v) is 8.49. The first-order chi connectivity index (χ1) is 13.7. The molecule has 1 aromatic heterocycles. The molecule has 1 N–H and O–H groups in total. The van der Waals surface area contributed by atoms with Crippen molar-refractivity contribution in [1.82, 2.24) is 4.57 Å². The van der Waals surface area contributed by atoms with E-state index in [4.69, 9.17) is 0 Å². The Morgan fingerprint density at radius 3 is 2.68 bits per heavy atom. The predicted octanol–water partition coefficient (Wildman–Crippen LogP) is 6.27. The van der Waals surface area contributed by atoms with E-state index in [0.29, 0.717) is 6.04 Å². The molecular weight excluding hydrogens is 342 g/mol. The summed E-state index contributed by atoms with van der Waals surface area (Å²) < 4.78 is 2.51. The van der Waals surface area contributed by atoms with Crippen molar-refractivity contribution >= 4 is 16.6 Å². The number of hydrogen-bond acceptors (Lipinski definition) is 2. The molecule has 1 fully saturated rings. The van der Waals surface area contributed by atoms with Gasteiger partial charge in [-0.2, -0.15) is 5.26 Å². The van der Waals surface area contributed by atoms with Gasteiger partial charge in [0.1, 0.15) is 0 Å². The molecule has 1 saturated carbocycles. The number of fused-ring (bicyclic) bond motifs is 2. The Balaban J connectivity index is 1.76. The van der Waals surface area contributed by atoms with Crippen molar-refractivity contribution in [1.29, 1.82) is 5.26 Å². The van der Waals surface area contributed by atoms with Crippen molar-refractivity contribution in [2.45, 2.75) is 58.4 Å². The third-order valence-corrected chi connectivity index (χ3v) is 6.81. The number of benzene rings is 2. The summed E-state index contributed by atoms with van der Waals surface area (Å²) in [6, 6.07) is 11.9. The summed E-state index contributed by atoms with van der Waals surface area (Å²) in [4.78, 5) is 0. The van der Waals surface area contributed by atoms with Crippen molar-refractivity contribution in [3.05, 3.63) is 52.7 Å². The highest BCUT2D eigenvalue weighted by Gasteiger charge is 2.23. The number of aryl methyl sites for hydroxylation is 1. The second-order valence-electron chi connectivity index (χ2n) is 8.49. The van der Waals surface area contributed by atoms with E-state index in [1.54, 1.807) is 0 Å². The van der Waals surface area contributed by atoms with Crippen LogP contribution in [0.15, 0.2) is 30.5 Å². The topological polar surface area (TPSA) is 40.8 Å². The van der Waals surface area contributed by atoms with Gasteiger partial charge in [-0.05, 0) is 67.5 Å². The van der Waals surface area contributed by atoms with Gasteiger partial charge in [-0.3, -0.25) is 0 Å². The van der Waals surface area contributed by atoms with Crippen LogP contribution in [-0.2, 0) is 6.42 Å². The quantitative estimate of drug-likeness (QED) is 0.578. The van der Waals surface area contributed by atoms with Crippen LogP contribution in [0.4, 0.5) is 5.69 Å². The van der Waals surface area contributed by atoms with Gasteiger partial charge in [-0.15, -0.1) is 0 Å². The molecule has 2 aliphatic rings. The molecule has 1 aliphatic heterocycles. The maximum absolute atomic E-state index is 9.61. The summed E-state index contributed by atoms with van der Waals surface area (Å²) in [6.07, 6.45) is 9.98. The van der Waals surface area contributed by atoms with E-state index in [0.717, 1.165) is 24.1 Å². The highest BCUT2D eigenvalue weighted by atomic mass is 15.0. The van der Waals surface area contributed by atoms with E-state index in [1.807, 2.05) is 0 Å². The minimum atomic E-state index is 0.574. The minimum absolute atomic E-state index is 0.574. The Hall–Kier alpha value is -2.73. The summed E-state index contributed by atoms with van der Waals surface area (Å²) in [5.74, 6) is 0. The molecule has 3 heteroatoms. The molecule has 0 unspecified atom stereocenters. The number of hydrogen-bond donors (Lipinski definition) is 1. The molecule has 0 radical (unpaired) electrons. The zero-order valence-electron chi connectivity index (χ0n) is 16.8. The summed E-state index contributed by atoms with van der Waals surface area (Å²) in [5, 5.41) is 14.4. The van der Waals surface area contributed by atoms with Crippen molar-refractivity contribution in [3.63, 3.8) is 0 Å². The lowest BCUT2D eigenvalue weighted by Crippen LogP contribution is -2.11. The van der Waals surface area contributed by atoms with Gasteiger partial charge >= 0.3 is 0 Å². The molecule has 2 aromatic carbocycles. The standard InChI is InChI=1S/C25H27N3/c1-16-12-24-22(13-19(16)14-26)23(15-28(24)20-6-4-3-5-7-20)21-9-8-18-10-11-27-25(18)17(21)2/h8-9,12-13,15,20,27H,3-7,10-11H2,1-2H3. The summed E-state index contributed by atoms with van der Waals surface area (Å²) in [5.41, 5.74) is 9.76. The zero-order chi connectivity index (χ0) is 19.3. The van der Waals surface area contributed by atoms with Gasteiger partial charge in [0, 0.05) is 40.9 Å². The highest BCUT2D eigenvalue weighted by molar-refractivity contribution is 5.99. The lowest BCUT2D eigenvalue weighted by Gasteiger charge is -2.24. The van der Waals surface area contributed by atoms with Crippen LogP contribution in [0.2, 0.25) is 0 Å². The average Bonchev–Trinajstić information content (AvgIpc) is 3.33. The van der Waals surface area contributed by atoms with Crippen molar-refractivity contribution in [2.75, 3.05) is 11.9 Å². The third kappa shape index (κ3) is 2.63. The Kier molecular flexibility index (Phi) is 4.16. The fourth-order valence-corrected chi connectivity index (χ4v) is 5.23. The molecular formula is C25H27N3. The normalized spacial score (nSPS) is 16.8. The van der Waals surface area contributed by atoms with Crippen LogP contribution in [0.1, 0.15) is 60.4 Å². The van der Waals surface area contributed by atoms with Crippen LogP contribution in [0, 0.1) is 25.2 Å².